The summed E-state index contributed by atoms with van der Waals surface area (Å²) in [6, 6.07) is 56.8. The topological polar surface area (TPSA) is 108 Å². The molecule has 8 aromatic carbocycles. The van der Waals surface area contributed by atoms with Gasteiger partial charge in [0.15, 0.2) is 0 Å². The summed E-state index contributed by atoms with van der Waals surface area (Å²) in [5.74, 6) is 5.39. The van der Waals surface area contributed by atoms with Crippen molar-refractivity contribution in [2.24, 2.45) is 9.98 Å². The van der Waals surface area contributed by atoms with Gasteiger partial charge in [0.05, 0.1) is 15.0 Å². The molecule has 12 rings (SSSR count). The Hall–Kier alpha value is -7.52. The number of halogens is 6. The number of thioether (sulfide) groups is 1. The zero-order valence-electron chi connectivity index (χ0n) is 63.4. The van der Waals surface area contributed by atoms with Gasteiger partial charge in [0.2, 0.25) is 11.8 Å². The van der Waals surface area contributed by atoms with Crippen LogP contribution < -0.4 is 38.4 Å². The Labute approximate surface area is 681 Å². The molecule has 0 atom stereocenters. The van der Waals surface area contributed by atoms with E-state index < -0.39 is 0 Å². The molecule has 0 saturated carbocycles. The molecule has 2 aliphatic heterocycles. The fourth-order valence-electron chi connectivity index (χ4n) is 11.6. The Morgan fingerprint density at radius 3 is 1.19 bits per heavy atom. The number of aryl methyl sites for hydroxylation is 6. The second-order valence-electron chi connectivity index (χ2n) is 30.3. The fourth-order valence-corrected chi connectivity index (χ4v) is 14.7. The van der Waals surface area contributed by atoms with Crippen LogP contribution in [0.2, 0.25) is 20.1 Å². The van der Waals surface area contributed by atoms with Gasteiger partial charge in [-0.3, -0.25) is 0 Å². The molecule has 0 bridgehead atoms. The predicted octanol–water partition coefficient (Wildman–Crippen LogP) is 27.5. The summed E-state index contributed by atoms with van der Waals surface area (Å²) in [4.78, 5) is 22.8. The Balaban J connectivity index is 0.000000227. The molecule has 2 aromatic heterocycles. The second kappa shape index (κ2) is 33.8. The van der Waals surface area contributed by atoms with Crippen LogP contribution in [0, 0.1) is 41.5 Å². The summed E-state index contributed by atoms with van der Waals surface area (Å²) >= 11 is 43.4. The molecule has 0 saturated heterocycles. The minimum Gasteiger partial charge on any atom is -0.623 e. The maximum absolute atomic E-state index is 7.20. The number of aromatic nitrogens is 2. The first-order valence-electron chi connectivity index (χ1n) is 34.6. The van der Waals surface area contributed by atoms with Crippen molar-refractivity contribution < 1.29 is 47.9 Å². The average molecular weight is 1640 g/mol. The van der Waals surface area contributed by atoms with Gasteiger partial charge in [-0.2, -0.15) is 0 Å². The molecule has 107 heavy (non-hydrogen) atoms. The smallest absolute Gasteiger partial charge is 0.623 e. The van der Waals surface area contributed by atoms with Gasteiger partial charge in [-0.15, -0.1) is 0 Å². The van der Waals surface area contributed by atoms with Gasteiger partial charge in [0.1, 0.15) is 67.5 Å². The molecule has 19 heteroatoms. The summed E-state index contributed by atoms with van der Waals surface area (Å²) in [5, 5.41) is 2.54. The summed E-state index contributed by atoms with van der Waals surface area (Å²) in [5.41, 5.74) is 12.5. The quantitative estimate of drug-likeness (QED) is 0.0685. The van der Waals surface area contributed by atoms with Crippen LogP contribution in [0.3, 0.4) is 0 Å². The Morgan fingerprint density at radius 2 is 0.776 bits per heavy atom. The molecule has 0 N–H and O–H groups in total. The third-order valence-corrected chi connectivity index (χ3v) is 21.5. The van der Waals surface area contributed by atoms with Crippen LogP contribution in [0.25, 0.3) is 11.5 Å². The predicted molar refractivity (Wildman–Crippen MR) is 442 cm³/mol. The zero-order chi connectivity index (χ0) is 76.5. The van der Waals surface area contributed by atoms with Crippen LogP contribution in [0.5, 0.6) is 46.3 Å². The molecule has 0 radical (unpaired) electrons. The molecule has 10 nitrogen and oxygen atoms in total. The SMILES string of the molecule is Cc1cc(C)c(O/C(=C2/N=C(Oc3ccc(C(C)(C)C)cc3)C(Cl)=C2Sc2ccc(Cl)cc2)c2cc(Cl)c(Oc3ccc(C(C)(C)C)cc3)[n-]2)c(C)c1.Cc1cc(C)c(O/C(=C2\C=C(Cl)C(Oc3ccc(C(C)(C)C)cc3)=N2)c2[n-]c(Oc3ccc(C(C)(C)C)cc3)c(Cl)c2Sc2ccc(Cl)cc2)c(C)c1.[Zn+2]. The molecule has 2 aliphatic rings. The van der Waals surface area contributed by atoms with Crippen LogP contribution in [0.15, 0.2) is 233 Å². The third-order valence-electron chi connectivity index (χ3n) is 17.3. The molecule has 10 aromatic rings. The number of rotatable bonds is 16. The minimum atomic E-state index is -0.00993. The van der Waals surface area contributed by atoms with E-state index in [0.717, 1.165) is 43.2 Å². The zero-order valence-corrected chi connectivity index (χ0v) is 72.5. The number of nitrogens with zero attached hydrogens (tertiary/aromatic N) is 4. The monoisotopic (exact) mass is 1630 g/mol. The molecular formula is C88H84Cl6N4O6S2Zn. The first-order chi connectivity index (χ1) is 49.9. The van der Waals surface area contributed by atoms with E-state index in [1.54, 1.807) is 12.1 Å². The number of hydrogen-bond acceptors (Lipinski definition) is 10. The summed E-state index contributed by atoms with van der Waals surface area (Å²) in [6.45, 7) is 38.2. The number of aliphatic imine (C=N–C) groups is 2. The molecule has 0 unspecified atom stereocenters. The Kier molecular flexibility index (Phi) is 25.9. The maximum atomic E-state index is 7.20. The summed E-state index contributed by atoms with van der Waals surface area (Å²) in [7, 11) is 0. The number of allylic oxidation sites excluding steroid dienone is 1. The van der Waals surface area contributed by atoms with E-state index in [1.165, 1.54) is 45.8 Å². The van der Waals surface area contributed by atoms with Gasteiger partial charge >= 0.3 is 19.5 Å². The Bertz CT molecular complexity index is 5080. The minimum absolute atomic E-state index is 0. The van der Waals surface area contributed by atoms with Gasteiger partial charge < -0.3 is 38.4 Å². The van der Waals surface area contributed by atoms with E-state index in [9.17, 15) is 0 Å². The molecule has 4 heterocycles. The molecular weight excluding hydrogens is 1550 g/mol. The van der Waals surface area contributed by atoms with Gasteiger partial charge in [-0.1, -0.05) is 278 Å². The van der Waals surface area contributed by atoms with Crippen LogP contribution in [0.4, 0.5) is 0 Å². The first kappa shape index (κ1) is 82.0. The number of ether oxygens (including phenoxy) is 6. The fraction of sp³-hybridized carbons (Fsp3) is 0.250. The van der Waals surface area contributed by atoms with Crippen LogP contribution in [0.1, 0.15) is 150 Å². The van der Waals surface area contributed by atoms with Gasteiger partial charge in [0.25, 0.3) is 0 Å². The van der Waals surface area contributed by atoms with Crippen molar-refractivity contribution in [2.45, 2.75) is 161 Å². The molecule has 0 amide bonds. The van der Waals surface area contributed by atoms with Gasteiger partial charge in [-0.25, -0.2) is 9.98 Å². The Morgan fingerprint density at radius 1 is 0.402 bits per heavy atom. The molecule has 0 fully saturated rings. The third kappa shape index (κ3) is 20.3. The largest absolute Gasteiger partial charge is 2.00 e. The van der Waals surface area contributed by atoms with E-state index in [-0.39, 0.29) is 64.7 Å². The normalized spacial score (nSPS) is 14.1. The number of hydrogen-bond donors (Lipinski definition) is 0. The number of benzene rings is 8. The van der Waals surface area contributed by atoms with E-state index >= 15 is 0 Å². The van der Waals surface area contributed by atoms with Crippen molar-refractivity contribution in [1.29, 1.82) is 0 Å². The average Bonchev–Trinajstić information content (AvgIpc) is 1.73. The van der Waals surface area contributed by atoms with Crippen molar-refractivity contribution in [3.05, 3.63) is 295 Å². The van der Waals surface area contributed by atoms with Crippen molar-refractivity contribution in [3.8, 4) is 46.3 Å². The maximum Gasteiger partial charge on any atom is 2.00 e. The van der Waals surface area contributed by atoms with Crippen LogP contribution in [-0.4, -0.2) is 11.8 Å². The summed E-state index contributed by atoms with van der Waals surface area (Å²) in [6.07, 6.45) is 1.72. The van der Waals surface area contributed by atoms with E-state index in [0.29, 0.717) is 109 Å². The first-order valence-corrected chi connectivity index (χ1v) is 38.5. The van der Waals surface area contributed by atoms with Crippen LogP contribution >= 0.6 is 93.1 Å². The van der Waals surface area contributed by atoms with Gasteiger partial charge in [-0.05, 0) is 211 Å². The van der Waals surface area contributed by atoms with Crippen molar-refractivity contribution in [2.75, 3.05) is 0 Å². The molecule has 548 valence electrons. The van der Waals surface area contributed by atoms with E-state index in [2.05, 4.69) is 121 Å². The van der Waals surface area contributed by atoms with Crippen LogP contribution in [-0.2, 0) is 41.1 Å². The van der Waals surface area contributed by atoms with E-state index in [4.69, 9.17) is 118 Å². The van der Waals surface area contributed by atoms with Crippen molar-refractivity contribution >= 4 is 116 Å². The molecule has 0 spiro atoms. The summed E-state index contributed by atoms with van der Waals surface area (Å²) < 4.78 is 39.0. The standard InChI is InChI=1S/2C44H42Cl3N2O3S.Zn/c2*1-25-22-26(2)38(27(3)23-25)52-39(35-24-34(46)41(48-35)50-31-16-10-28(11-17-31)43(4,5)6)37-40(53-33-20-14-30(45)15-21-33)36(47)42(49-37)51-32-18-12-29(13-19-32)44(7,8)9;/h2*10-24H,1-9H3;/q2*-1;+2/b39-37+;39-35+;. The van der Waals surface area contributed by atoms with Gasteiger partial charge in [0, 0.05) is 36.5 Å². The molecule has 0 aliphatic carbocycles. The van der Waals surface area contributed by atoms with Crippen molar-refractivity contribution in [3.63, 3.8) is 0 Å². The van der Waals surface area contributed by atoms with Crippen molar-refractivity contribution in [1.82, 2.24) is 9.97 Å². The van der Waals surface area contributed by atoms with E-state index in [1.807, 2.05) is 173 Å². The second-order valence-corrected chi connectivity index (χ2v) is 35.0.